The molecule has 0 atom stereocenters. The molecule has 2 heteroatoms. The Morgan fingerprint density at radius 1 is 0.944 bits per heavy atom. The van der Waals surface area contributed by atoms with Crippen LogP contribution in [-0.4, -0.2) is 36.2 Å². The van der Waals surface area contributed by atoms with Crippen LogP contribution in [0, 0.1) is 10.8 Å². The first-order valence-electron chi connectivity index (χ1n) is 7.89. The van der Waals surface area contributed by atoms with Crippen LogP contribution in [0.15, 0.2) is 0 Å². The summed E-state index contributed by atoms with van der Waals surface area (Å²) in [5.74, 6) is 0. The zero-order valence-electron chi connectivity index (χ0n) is 12.4. The molecule has 0 amide bonds. The zero-order chi connectivity index (χ0) is 13.1. The molecule has 1 heterocycles. The second-order valence-electron chi connectivity index (χ2n) is 7.55. The maximum atomic E-state index is 9.90. The predicted octanol–water partition coefficient (Wildman–Crippen LogP) is 3.44. The molecule has 1 saturated carbocycles. The van der Waals surface area contributed by atoms with Crippen molar-refractivity contribution in [2.75, 3.05) is 26.2 Å². The van der Waals surface area contributed by atoms with Gasteiger partial charge in [-0.25, -0.2) is 0 Å². The highest BCUT2D eigenvalue weighted by Gasteiger charge is 2.35. The predicted molar refractivity (Wildman–Crippen MR) is 76.7 cm³/mol. The number of aliphatic hydroxyl groups excluding tert-OH is 1. The second kappa shape index (κ2) is 5.92. The Morgan fingerprint density at radius 2 is 1.61 bits per heavy atom. The molecule has 2 aliphatic rings. The third-order valence-corrected chi connectivity index (χ3v) is 5.04. The van der Waals surface area contributed by atoms with Gasteiger partial charge in [0.1, 0.15) is 0 Å². The molecule has 1 aliphatic heterocycles. The number of hydrogen-bond donors (Lipinski definition) is 1. The number of aliphatic hydroxyl groups is 1. The van der Waals surface area contributed by atoms with Gasteiger partial charge in [0, 0.05) is 25.1 Å². The van der Waals surface area contributed by atoms with Crippen LogP contribution in [0.1, 0.15) is 65.2 Å². The summed E-state index contributed by atoms with van der Waals surface area (Å²) in [5, 5.41) is 9.90. The van der Waals surface area contributed by atoms with Gasteiger partial charge in [0.05, 0.1) is 0 Å². The normalized spacial score (nSPS) is 28.8. The Balaban J connectivity index is 1.96. The van der Waals surface area contributed by atoms with Gasteiger partial charge in [-0.15, -0.1) is 0 Å². The molecule has 1 saturated heterocycles. The number of rotatable bonds is 3. The highest BCUT2D eigenvalue weighted by Crippen LogP contribution is 2.37. The molecule has 0 aromatic heterocycles. The molecular weight excluding hydrogens is 222 g/mol. The lowest BCUT2D eigenvalue weighted by atomic mass is 9.78. The van der Waals surface area contributed by atoms with Crippen molar-refractivity contribution in [2.45, 2.75) is 65.2 Å². The molecule has 0 aromatic rings. The van der Waals surface area contributed by atoms with Gasteiger partial charge in [-0.2, -0.15) is 0 Å². The summed E-state index contributed by atoms with van der Waals surface area (Å²) < 4.78 is 0. The lowest BCUT2D eigenvalue weighted by Gasteiger charge is -2.43. The first kappa shape index (κ1) is 14.3. The Labute approximate surface area is 113 Å². The summed E-state index contributed by atoms with van der Waals surface area (Å²) in [6.07, 6.45) is 10.5. The van der Waals surface area contributed by atoms with Crippen LogP contribution in [-0.2, 0) is 0 Å². The lowest BCUT2D eigenvalue weighted by Crippen LogP contribution is -2.47. The minimum Gasteiger partial charge on any atom is -0.396 e. The Morgan fingerprint density at radius 3 is 2.17 bits per heavy atom. The molecule has 1 N–H and O–H groups in total. The minimum atomic E-state index is 0.212. The van der Waals surface area contributed by atoms with E-state index in [0.29, 0.717) is 12.0 Å². The van der Waals surface area contributed by atoms with E-state index in [1.54, 1.807) is 0 Å². The van der Waals surface area contributed by atoms with Crippen molar-refractivity contribution in [3.8, 4) is 0 Å². The largest absolute Gasteiger partial charge is 0.396 e. The molecule has 0 unspecified atom stereocenters. The van der Waals surface area contributed by atoms with Crippen molar-refractivity contribution < 1.29 is 5.11 Å². The average Bonchev–Trinajstić information content (AvgIpc) is 2.54. The third-order valence-electron chi connectivity index (χ3n) is 5.04. The maximum Gasteiger partial charge on any atom is 0.0499 e. The van der Waals surface area contributed by atoms with E-state index in [1.807, 2.05) is 0 Å². The highest BCUT2D eigenvalue weighted by atomic mass is 16.3. The van der Waals surface area contributed by atoms with Crippen molar-refractivity contribution in [3.63, 3.8) is 0 Å². The number of piperidine rings is 1. The van der Waals surface area contributed by atoms with Gasteiger partial charge in [-0.1, -0.05) is 39.5 Å². The average molecular weight is 253 g/mol. The number of likely N-dealkylation sites (tertiary alicyclic amines) is 1. The summed E-state index contributed by atoms with van der Waals surface area (Å²) in [7, 11) is 0. The van der Waals surface area contributed by atoms with Gasteiger partial charge < -0.3 is 10.0 Å². The third kappa shape index (κ3) is 3.71. The molecule has 106 valence electrons. The fraction of sp³-hybridized carbons (Fsp3) is 1.00. The second-order valence-corrected chi connectivity index (χ2v) is 7.55. The summed E-state index contributed by atoms with van der Waals surface area (Å²) in [5.41, 5.74) is 0.684. The van der Waals surface area contributed by atoms with Crippen molar-refractivity contribution in [1.82, 2.24) is 4.90 Å². The zero-order valence-corrected chi connectivity index (χ0v) is 12.4. The Hall–Kier alpha value is -0.0800. The Bertz CT molecular complexity index is 254. The Kier molecular flexibility index (Phi) is 4.71. The van der Waals surface area contributed by atoms with Gasteiger partial charge in [0.15, 0.2) is 0 Å². The molecular formula is C16H31NO. The fourth-order valence-corrected chi connectivity index (χ4v) is 4.00. The first-order chi connectivity index (χ1) is 8.55. The first-order valence-corrected chi connectivity index (χ1v) is 7.89. The summed E-state index contributed by atoms with van der Waals surface area (Å²) in [4.78, 5) is 2.63. The quantitative estimate of drug-likeness (QED) is 0.779. The molecule has 2 nitrogen and oxygen atoms in total. The van der Waals surface area contributed by atoms with E-state index < -0.39 is 0 Å². The topological polar surface area (TPSA) is 23.5 Å². The molecule has 18 heavy (non-hydrogen) atoms. The van der Waals surface area contributed by atoms with Gasteiger partial charge >= 0.3 is 0 Å². The van der Waals surface area contributed by atoms with Crippen molar-refractivity contribution >= 4 is 0 Å². The van der Waals surface area contributed by atoms with E-state index in [4.69, 9.17) is 0 Å². The molecule has 1 aliphatic carbocycles. The molecule has 0 aromatic carbocycles. The number of hydrogen-bond acceptors (Lipinski definition) is 2. The van der Waals surface area contributed by atoms with Crippen LogP contribution in [0.2, 0.25) is 0 Å². The number of nitrogens with zero attached hydrogens (tertiary/aromatic N) is 1. The molecule has 0 bridgehead atoms. The van der Waals surface area contributed by atoms with Crippen molar-refractivity contribution in [1.29, 1.82) is 0 Å². The van der Waals surface area contributed by atoms with Crippen LogP contribution in [0.3, 0.4) is 0 Å². The van der Waals surface area contributed by atoms with Gasteiger partial charge in [-0.05, 0) is 37.6 Å². The van der Waals surface area contributed by atoms with Crippen LogP contribution in [0.4, 0.5) is 0 Å². The maximum absolute atomic E-state index is 9.90. The molecule has 2 fully saturated rings. The van der Waals surface area contributed by atoms with E-state index >= 15 is 0 Å². The van der Waals surface area contributed by atoms with E-state index in [2.05, 4.69) is 18.7 Å². The minimum absolute atomic E-state index is 0.212. The fourth-order valence-electron chi connectivity index (χ4n) is 4.00. The highest BCUT2D eigenvalue weighted by molar-refractivity contribution is 4.88. The van der Waals surface area contributed by atoms with Crippen LogP contribution < -0.4 is 0 Å². The van der Waals surface area contributed by atoms with E-state index in [1.165, 1.54) is 64.5 Å². The van der Waals surface area contributed by atoms with E-state index in [0.717, 1.165) is 6.54 Å². The summed E-state index contributed by atoms with van der Waals surface area (Å²) >= 11 is 0. The van der Waals surface area contributed by atoms with Gasteiger partial charge in [0.25, 0.3) is 0 Å². The molecule has 0 radical (unpaired) electrons. The summed E-state index contributed by atoms with van der Waals surface area (Å²) in [6, 6.07) is 0. The van der Waals surface area contributed by atoms with Gasteiger partial charge in [-0.3, -0.25) is 0 Å². The van der Waals surface area contributed by atoms with Crippen molar-refractivity contribution in [2.24, 2.45) is 10.8 Å². The molecule has 2 rings (SSSR count). The van der Waals surface area contributed by atoms with E-state index in [9.17, 15) is 5.11 Å². The summed E-state index contributed by atoms with van der Waals surface area (Å²) in [6.45, 7) is 8.76. The van der Waals surface area contributed by atoms with Crippen LogP contribution in [0.25, 0.3) is 0 Å². The van der Waals surface area contributed by atoms with Crippen LogP contribution in [0.5, 0.6) is 0 Å². The SMILES string of the molecule is CC1(C)CCCN(CC2(CO)CCCCCC2)C1. The van der Waals surface area contributed by atoms with Gasteiger partial charge in [0.2, 0.25) is 0 Å². The van der Waals surface area contributed by atoms with E-state index in [-0.39, 0.29) is 5.41 Å². The molecule has 0 spiro atoms. The lowest BCUT2D eigenvalue weighted by molar-refractivity contribution is 0.0258. The van der Waals surface area contributed by atoms with Crippen LogP contribution >= 0.6 is 0 Å². The van der Waals surface area contributed by atoms with Crippen molar-refractivity contribution in [3.05, 3.63) is 0 Å². The monoisotopic (exact) mass is 253 g/mol. The smallest absolute Gasteiger partial charge is 0.0499 e. The standard InChI is InChI=1S/C16H31NO/c1-15(2)8-7-11-17(12-15)13-16(14-18)9-5-3-4-6-10-16/h18H,3-14H2,1-2H3.